The summed E-state index contributed by atoms with van der Waals surface area (Å²) in [6, 6.07) is 2.10. The van der Waals surface area contributed by atoms with Crippen LogP contribution in [0.5, 0.6) is 0 Å². The largest absolute Gasteiger partial charge is 0.354 e. The number of hydrogen-bond acceptors (Lipinski definition) is 7. The Bertz CT molecular complexity index is 1090. The molecule has 9 nitrogen and oxygen atoms in total. The average molecular weight is 478 g/mol. The Kier molecular flexibility index (Phi) is 5.85. The van der Waals surface area contributed by atoms with Crippen LogP contribution in [0.2, 0.25) is 5.02 Å². The smallest absolute Gasteiger partial charge is 0.229 e. The van der Waals surface area contributed by atoms with Crippen LogP contribution < -0.4 is 10.2 Å². The molecular formula is C21H29Cl2N9. The Hall–Kier alpha value is -2.36. The van der Waals surface area contributed by atoms with Gasteiger partial charge in [-0.3, -0.25) is 14.3 Å². The Morgan fingerprint density at radius 1 is 1.06 bits per heavy atom. The molecule has 5 heterocycles. The number of halogens is 2. The third-order valence-corrected chi connectivity index (χ3v) is 7.09. The first-order valence-electron chi connectivity index (χ1n) is 10.5. The molecule has 5 rings (SSSR count). The zero-order valence-corrected chi connectivity index (χ0v) is 20.4. The van der Waals surface area contributed by atoms with E-state index in [-0.39, 0.29) is 23.2 Å². The van der Waals surface area contributed by atoms with Crippen molar-refractivity contribution in [2.45, 2.75) is 20.4 Å². The van der Waals surface area contributed by atoms with Gasteiger partial charge >= 0.3 is 0 Å². The van der Waals surface area contributed by atoms with Gasteiger partial charge in [-0.05, 0) is 6.07 Å². The average Bonchev–Trinajstić information content (AvgIpc) is 3.40. The summed E-state index contributed by atoms with van der Waals surface area (Å²) in [7, 11) is 3.84. The molecule has 0 bridgehead atoms. The lowest BCUT2D eigenvalue weighted by molar-refractivity contribution is 0.212. The summed E-state index contributed by atoms with van der Waals surface area (Å²) in [4.78, 5) is 13.9. The molecule has 2 aliphatic rings. The molecule has 0 radical (unpaired) electrons. The minimum Gasteiger partial charge on any atom is -0.354 e. The number of hydrogen-bond donors (Lipinski definition) is 1. The van der Waals surface area contributed by atoms with Gasteiger partial charge in [0.25, 0.3) is 0 Å². The van der Waals surface area contributed by atoms with Crippen molar-refractivity contribution < 1.29 is 0 Å². The van der Waals surface area contributed by atoms with Gasteiger partial charge in [-0.25, -0.2) is 4.98 Å². The van der Waals surface area contributed by atoms with E-state index < -0.39 is 0 Å². The van der Waals surface area contributed by atoms with E-state index in [0.29, 0.717) is 11.0 Å². The lowest BCUT2D eigenvalue weighted by Crippen LogP contribution is -2.34. The highest BCUT2D eigenvalue weighted by Gasteiger charge is 2.57. The van der Waals surface area contributed by atoms with Crippen molar-refractivity contribution in [3.63, 3.8) is 0 Å². The van der Waals surface area contributed by atoms with E-state index in [9.17, 15) is 0 Å². The van der Waals surface area contributed by atoms with Crippen LogP contribution in [-0.2, 0) is 20.6 Å². The topological polar surface area (TPSA) is 79.9 Å². The summed E-state index contributed by atoms with van der Waals surface area (Å²) in [5.74, 6) is 1.31. The number of likely N-dealkylation sites (tertiary alicyclic amines) is 1. The number of nitrogens with one attached hydrogen (secondary N) is 1. The molecule has 0 saturated carbocycles. The molecule has 0 aromatic carbocycles. The van der Waals surface area contributed by atoms with Crippen LogP contribution in [0.15, 0.2) is 30.9 Å². The van der Waals surface area contributed by atoms with Crippen molar-refractivity contribution in [1.82, 2.24) is 34.4 Å². The van der Waals surface area contributed by atoms with E-state index in [1.54, 1.807) is 17.1 Å². The number of fused-ring (bicyclic) bond motifs is 1. The lowest BCUT2D eigenvalue weighted by atomic mass is 9.71. The van der Waals surface area contributed by atoms with Crippen molar-refractivity contribution >= 4 is 41.5 Å². The summed E-state index contributed by atoms with van der Waals surface area (Å²) < 4.78 is 3.60. The molecule has 0 aliphatic carbocycles. The molecule has 11 heteroatoms. The molecule has 3 aromatic rings. The van der Waals surface area contributed by atoms with E-state index in [0.717, 1.165) is 49.9 Å². The van der Waals surface area contributed by atoms with E-state index in [1.165, 1.54) is 0 Å². The highest BCUT2D eigenvalue weighted by atomic mass is 35.5. The molecule has 32 heavy (non-hydrogen) atoms. The molecule has 2 fully saturated rings. The van der Waals surface area contributed by atoms with Crippen LogP contribution in [0.4, 0.5) is 17.5 Å². The van der Waals surface area contributed by atoms with E-state index in [2.05, 4.69) is 50.2 Å². The fraction of sp³-hybridized carbons (Fsp3) is 0.524. The first kappa shape index (κ1) is 22.8. The van der Waals surface area contributed by atoms with Crippen molar-refractivity contribution in [3.05, 3.63) is 41.6 Å². The minimum absolute atomic E-state index is 0. The Morgan fingerprint density at radius 2 is 1.78 bits per heavy atom. The molecule has 2 saturated heterocycles. The molecule has 0 spiro atoms. The lowest BCUT2D eigenvalue weighted by Gasteiger charge is -2.30. The van der Waals surface area contributed by atoms with Crippen molar-refractivity contribution in [3.8, 4) is 0 Å². The zero-order valence-electron chi connectivity index (χ0n) is 18.8. The minimum atomic E-state index is 0. The fourth-order valence-electron chi connectivity index (χ4n) is 5.10. The van der Waals surface area contributed by atoms with E-state index >= 15 is 0 Å². The summed E-state index contributed by atoms with van der Waals surface area (Å²) in [5.41, 5.74) is 2.26. The van der Waals surface area contributed by atoms with Gasteiger partial charge in [-0.15, -0.1) is 12.4 Å². The van der Waals surface area contributed by atoms with Crippen LogP contribution in [0, 0.1) is 10.8 Å². The number of aromatic nitrogens is 6. The van der Waals surface area contributed by atoms with Crippen molar-refractivity contribution in [2.24, 2.45) is 24.9 Å². The summed E-state index contributed by atoms with van der Waals surface area (Å²) in [5, 5.41) is 12.5. The van der Waals surface area contributed by atoms with Gasteiger partial charge < -0.3 is 10.2 Å². The van der Waals surface area contributed by atoms with Gasteiger partial charge in [-0.1, -0.05) is 25.4 Å². The van der Waals surface area contributed by atoms with Crippen molar-refractivity contribution in [2.75, 3.05) is 36.4 Å². The molecule has 3 aromatic heterocycles. The molecule has 2 aliphatic heterocycles. The van der Waals surface area contributed by atoms with Gasteiger partial charge in [-0.2, -0.15) is 15.2 Å². The summed E-state index contributed by atoms with van der Waals surface area (Å²) in [6.07, 6.45) is 7.31. The summed E-state index contributed by atoms with van der Waals surface area (Å²) in [6.45, 7) is 9.53. The Labute approximate surface area is 199 Å². The molecule has 1 N–H and O–H groups in total. The third-order valence-electron chi connectivity index (χ3n) is 6.82. The predicted molar refractivity (Wildman–Crippen MR) is 128 cm³/mol. The SMILES string of the molecule is Cl.Cn1cc(Nc2ncc(Cl)c(N3C[C@]4(C)CN(Cc5ccn(C)n5)C[C@]4(C)C3)n2)cn1. The Balaban J connectivity index is 0.00000245. The Morgan fingerprint density at radius 3 is 2.38 bits per heavy atom. The van der Waals surface area contributed by atoms with Crippen LogP contribution >= 0.6 is 24.0 Å². The second kappa shape index (κ2) is 8.20. The maximum Gasteiger partial charge on any atom is 0.229 e. The summed E-state index contributed by atoms with van der Waals surface area (Å²) >= 11 is 6.54. The molecule has 172 valence electrons. The number of anilines is 3. The van der Waals surface area contributed by atoms with Crippen LogP contribution in [0.1, 0.15) is 19.5 Å². The van der Waals surface area contributed by atoms with Gasteiger partial charge in [0.05, 0.1) is 23.8 Å². The number of nitrogens with zero attached hydrogens (tertiary/aromatic N) is 8. The van der Waals surface area contributed by atoms with Gasteiger partial charge in [0.1, 0.15) is 5.02 Å². The standard InChI is InChI=1S/C21H28ClN9.ClH/c1-20-11-30(10-15-5-6-28(3)27-15)12-21(20,2)14-31(13-20)18-17(22)8-23-19(26-18)25-16-7-24-29(4)9-16;/h5-9H,10-14H2,1-4H3,(H,23,25,26);1H/t20-,21+;. The maximum absolute atomic E-state index is 6.54. The molecule has 0 amide bonds. The fourth-order valence-corrected chi connectivity index (χ4v) is 5.31. The van der Waals surface area contributed by atoms with Gasteiger partial charge in [0, 0.05) is 70.0 Å². The molecule has 2 atom stereocenters. The maximum atomic E-state index is 6.54. The quantitative estimate of drug-likeness (QED) is 0.604. The monoisotopic (exact) mass is 477 g/mol. The highest BCUT2D eigenvalue weighted by molar-refractivity contribution is 6.32. The van der Waals surface area contributed by atoms with Gasteiger partial charge in [0.15, 0.2) is 5.82 Å². The molecular weight excluding hydrogens is 449 g/mol. The van der Waals surface area contributed by atoms with E-state index in [1.807, 2.05) is 31.2 Å². The van der Waals surface area contributed by atoms with Crippen LogP contribution in [0.25, 0.3) is 0 Å². The van der Waals surface area contributed by atoms with Crippen LogP contribution in [-0.4, -0.2) is 60.6 Å². The first-order valence-corrected chi connectivity index (χ1v) is 10.8. The normalized spacial score (nSPS) is 25.1. The predicted octanol–water partition coefficient (Wildman–Crippen LogP) is 3.11. The van der Waals surface area contributed by atoms with Crippen LogP contribution in [0.3, 0.4) is 0 Å². The second-order valence-corrected chi connectivity index (χ2v) is 9.90. The number of aryl methyl sites for hydroxylation is 2. The van der Waals surface area contributed by atoms with E-state index in [4.69, 9.17) is 16.6 Å². The highest BCUT2D eigenvalue weighted by Crippen LogP contribution is 2.53. The zero-order chi connectivity index (χ0) is 21.8. The number of rotatable bonds is 5. The van der Waals surface area contributed by atoms with Crippen molar-refractivity contribution in [1.29, 1.82) is 0 Å². The third kappa shape index (κ3) is 4.04. The molecule has 0 unspecified atom stereocenters. The first-order chi connectivity index (χ1) is 14.7. The second-order valence-electron chi connectivity index (χ2n) is 9.50. The van der Waals surface area contributed by atoms with Gasteiger partial charge in [0.2, 0.25) is 5.95 Å².